The number of furan rings is 1. The van der Waals surface area contributed by atoms with Crippen LogP contribution in [0.2, 0.25) is 0 Å². The van der Waals surface area contributed by atoms with Crippen molar-refractivity contribution >= 4 is 32.8 Å². The molecule has 13 heteroatoms. The molecule has 0 spiro atoms. The minimum Gasteiger partial charge on any atom is -0.489 e. The fourth-order valence-corrected chi connectivity index (χ4v) is 4.90. The Morgan fingerprint density at radius 3 is 2.37 bits per heavy atom. The van der Waals surface area contributed by atoms with E-state index in [1.54, 1.807) is 26.0 Å². The van der Waals surface area contributed by atoms with Gasteiger partial charge in [-0.15, -0.1) is 0 Å². The number of sulfonamides is 1. The lowest BCUT2D eigenvalue weighted by molar-refractivity contribution is 0.203. The quantitative estimate of drug-likeness (QED) is 0.250. The van der Waals surface area contributed by atoms with Crippen LogP contribution in [0.3, 0.4) is 0 Å². The van der Waals surface area contributed by atoms with E-state index in [1.807, 2.05) is 0 Å². The van der Waals surface area contributed by atoms with E-state index in [1.165, 1.54) is 31.3 Å². The van der Waals surface area contributed by atoms with Crippen molar-refractivity contribution in [2.45, 2.75) is 20.0 Å². The summed E-state index contributed by atoms with van der Waals surface area (Å²) < 4.78 is 76.4. The molecule has 0 saturated heterocycles. The summed E-state index contributed by atoms with van der Waals surface area (Å²) in [6, 6.07) is 12.0. The van der Waals surface area contributed by atoms with Gasteiger partial charge in [0.05, 0.1) is 36.6 Å². The average Bonchev–Trinajstić information content (AvgIpc) is 3.24. The number of benzene rings is 3. The number of anilines is 1. The first-order valence-electron chi connectivity index (χ1n) is 12.4. The third-order valence-electron chi connectivity index (χ3n) is 5.70. The Morgan fingerprint density at radius 2 is 1.78 bits per heavy atom. The van der Waals surface area contributed by atoms with Crippen molar-refractivity contribution in [2.24, 2.45) is 0 Å². The van der Waals surface area contributed by atoms with Gasteiger partial charge in [0, 0.05) is 24.7 Å². The number of aliphatic hydroxyl groups is 1. The number of ether oxygens (including phenoxy) is 3. The highest BCUT2D eigenvalue weighted by Crippen LogP contribution is 2.45. The summed E-state index contributed by atoms with van der Waals surface area (Å²) in [4.78, 5) is 12.3. The number of aliphatic hydroxyl groups excluding tert-OH is 1. The predicted octanol–water partition coefficient (Wildman–Crippen LogP) is 5.43. The summed E-state index contributed by atoms with van der Waals surface area (Å²) in [5, 5.41) is 12.2. The van der Waals surface area contributed by atoms with Gasteiger partial charge in [0.25, 0.3) is 0 Å². The van der Waals surface area contributed by atoms with E-state index in [9.17, 15) is 27.1 Å². The molecule has 0 bridgehead atoms. The van der Waals surface area contributed by atoms with Gasteiger partial charge in [-0.2, -0.15) is 0 Å². The van der Waals surface area contributed by atoms with Crippen LogP contribution < -0.4 is 23.8 Å². The highest BCUT2D eigenvalue weighted by molar-refractivity contribution is 7.92. The zero-order valence-corrected chi connectivity index (χ0v) is 23.4. The van der Waals surface area contributed by atoms with Crippen LogP contribution in [0.1, 0.15) is 13.8 Å². The number of nitrogens with zero attached hydrogens (tertiary/aromatic N) is 1. The average molecular weight is 591 g/mol. The second-order valence-corrected chi connectivity index (χ2v) is 11.0. The molecule has 1 heterocycles. The number of nitrogens with one attached hydrogen (secondary N) is 1. The zero-order valence-electron chi connectivity index (χ0n) is 22.6. The standard InChI is InChI=1S/C28H28F2N2O8S/c1-16(2)37-25-14-20-24(15-22(25)32(11-12-33)41(4,35)36)39-26(27(20)40-28(34)31-3)17-5-8-19(9-6-17)38-23-10-7-18(29)13-21(23)30/h5-10,13-16,33H,11-12H2,1-4H3,(H,31,34). The van der Waals surface area contributed by atoms with Crippen LogP contribution in [-0.2, 0) is 10.0 Å². The molecule has 41 heavy (non-hydrogen) atoms. The number of halogens is 2. The number of fused-ring (bicyclic) bond motifs is 1. The van der Waals surface area contributed by atoms with Crippen LogP contribution in [0, 0.1) is 11.6 Å². The Labute approximate surface area is 235 Å². The predicted molar refractivity (Wildman–Crippen MR) is 148 cm³/mol. The molecule has 4 rings (SSSR count). The van der Waals surface area contributed by atoms with E-state index in [0.29, 0.717) is 17.0 Å². The summed E-state index contributed by atoms with van der Waals surface area (Å²) in [7, 11) is -2.44. The maximum Gasteiger partial charge on any atom is 0.412 e. The van der Waals surface area contributed by atoms with E-state index >= 15 is 0 Å². The van der Waals surface area contributed by atoms with Crippen molar-refractivity contribution in [1.82, 2.24) is 5.32 Å². The summed E-state index contributed by atoms with van der Waals surface area (Å²) in [5.74, 6) is -1.21. The van der Waals surface area contributed by atoms with Crippen LogP contribution in [0.25, 0.3) is 22.3 Å². The molecule has 3 aromatic carbocycles. The van der Waals surface area contributed by atoms with Crippen LogP contribution in [-0.4, -0.2) is 52.2 Å². The lowest BCUT2D eigenvalue weighted by Gasteiger charge is -2.24. The Morgan fingerprint density at radius 1 is 1.07 bits per heavy atom. The van der Waals surface area contributed by atoms with Gasteiger partial charge in [-0.1, -0.05) is 0 Å². The van der Waals surface area contributed by atoms with Crippen LogP contribution in [0.5, 0.6) is 23.0 Å². The molecule has 1 amide bonds. The Bertz CT molecular complexity index is 1670. The normalized spacial score (nSPS) is 11.5. The monoisotopic (exact) mass is 590 g/mol. The molecule has 0 unspecified atom stereocenters. The van der Waals surface area contributed by atoms with Crippen LogP contribution in [0.4, 0.5) is 19.3 Å². The molecule has 1 aromatic heterocycles. The lowest BCUT2D eigenvalue weighted by Crippen LogP contribution is -2.33. The van der Waals surface area contributed by atoms with Crippen LogP contribution >= 0.6 is 0 Å². The molecular weight excluding hydrogens is 562 g/mol. The van der Waals surface area contributed by atoms with Crippen LogP contribution in [0.15, 0.2) is 59.0 Å². The number of hydrogen-bond acceptors (Lipinski definition) is 8. The number of carbonyl (C=O) groups excluding carboxylic acids is 1. The van der Waals surface area contributed by atoms with E-state index in [2.05, 4.69) is 5.32 Å². The second kappa shape index (κ2) is 12.0. The molecule has 2 N–H and O–H groups in total. The van der Waals surface area contributed by atoms with Crippen molar-refractivity contribution in [3.05, 3.63) is 66.2 Å². The molecule has 4 aromatic rings. The fourth-order valence-electron chi connectivity index (χ4n) is 3.98. The molecule has 0 fully saturated rings. The van der Waals surface area contributed by atoms with Gasteiger partial charge < -0.3 is 29.1 Å². The Balaban J connectivity index is 1.84. The molecule has 0 atom stereocenters. The lowest BCUT2D eigenvalue weighted by atomic mass is 10.1. The minimum atomic E-state index is -3.83. The van der Waals surface area contributed by atoms with Crippen molar-refractivity contribution in [3.8, 4) is 34.3 Å². The summed E-state index contributed by atoms with van der Waals surface area (Å²) in [6.07, 6.45) is -0.134. The molecule has 0 aliphatic rings. The summed E-state index contributed by atoms with van der Waals surface area (Å²) >= 11 is 0. The maximum atomic E-state index is 14.0. The molecular formula is C28H28F2N2O8S. The second-order valence-electron chi connectivity index (χ2n) is 9.14. The van der Waals surface area contributed by atoms with Gasteiger partial charge in [0.2, 0.25) is 10.0 Å². The van der Waals surface area contributed by atoms with Gasteiger partial charge in [-0.05, 0) is 56.3 Å². The summed E-state index contributed by atoms with van der Waals surface area (Å²) in [6.45, 7) is 2.84. The number of rotatable bonds is 10. The highest BCUT2D eigenvalue weighted by Gasteiger charge is 2.27. The fraction of sp³-hybridized carbons (Fsp3) is 0.250. The van der Waals surface area contributed by atoms with Gasteiger partial charge >= 0.3 is 6.09 Å². The molecule has 0 saturated carbocycles. The van der Waals surface area contributed by atoms with E-state index < -0.39 is 34.4 Å². The van der Waals surface area contributed by atoms with Gasteiger partial charge in [-0.3, -0.25) is 4.31 Å². The first-order valence-corrected chi connectivity index (χ1v) is 14.2. The molecule has 218 valence electrons. The van der Waals surface area contributed by atoms with Gasteiger partial charge in [0.15, 0.2) is 23.1 Å². The number of amides is 1. The molecule has 0 aliphatic heterocycles. The number of hydrogen-bond donors (Lipinski definition) is 2. The van der Waals surface area contributed by atoms with Gasteiger partial charge in [0.1, 0.15) is 22.9 Å². The van der Waals surface area contributed by atoms with E-state index in [0.717, 1.165) is 22.7 Å². The van der Waals surface area contributed by atoms with Crippen molar-refractivity contribution in [1.29, 1.82) is 0 Å². The highest BCUT2D eigenvalue weighted by atomic mass is 32.2. The SMILES string of the molecule is CNC(=O)Oc1c(-c2ccc(Oc3ccc(F)cc3F)cc2)oc2cc(N(CCO)S(C)(=O)=O)c(OC(C)C)cc12. The molecule has 0 aliphatic carbocycles. The van der Waals surface area contributed by atoms with Crippen molar-refractivity contribution < 1.29 is 45.7 Å². The van der Waals surface area contributed by atoms with Crippen molar-refractivity contribution in [3.63, 3.8) is 0 Å². The topological polar surface area (TPSA) is 128 Å². The maximum absolute atomic E-state index is 14.0. The largest absolute Gasteiger partial charge is 0.489 e. The minimum absolute atomic E-state index is 0.0332. The first kappa shape index (κ1) is 29.6. The zero-order chi connectivity index (χ0) is 29.9. The number of carbonyl (C=O) groups is 1. The van der Waals surface area contributed by atoms with Crippen molar-refractivity contribution in [2.75, 3.05) is 30.8 Å². The third kappa shape index (κ3) is 6.69. The molecule has 0 radical (unpaired) electrons. The van der Waals surface area contributed by atoms with Gasteiger partial charge in [-0.25, -0.2) is 22.0 Å². The van der Waals surface area contributed by atoms with E-state index in [-0.39, 0.29) is 52.7 Å². The smallest absolute Gasteiger partial charge is 0.412 e. The molecule has 10 nitrogen and oxygen atoms in total. The Kier molecular flexibility index (Phi) is 8.69. The van der Waals surface area contributed by atoms with E-state index in [4.69, 9.17) is 18.6 Å². The first-order chi connectivity index (χ1) is 19.4. The third-order valence-corrected chi connectivity index (χ3v) is 6.88. The Hall–Kier alpha value is -4.36. The summed E-state index contributed by atoms with van der Waals surface area (Å²) in [5.41, 5.74) is 0.736.